The van der Waals surface area contributed by atoms with Gasteiger partial charge in [0.15, 0.2) is 0 Å². The minimum absolute atomic E-state index is 0.0502. The molecule has 0 amide bonds. The van der Waals surface area contributed by atoms with Crippen molar-refractivity contribution in [3.8, 4) is 0 Å². The van der Waals surface area contributed by atoms with Gasteiger partial charge in [0.05, 0.1) is 12.7 Å². The fourth-order valence-electron chi connectivity index (χ4n) is 1.64. The van der Waals surface area contributed by atoms with Gasteiger partial charge in [-0.2, -0.15) is 0 Å². The van der Waals surface area contributed by atoms with Crippen molar-refractivity contribution >= 4 is 40.7 Å². The number of alkyl halides is 3. The number of hydrogen-bond donors (Lipinski definition) is 1. The molecule has 1 N–H and O–H groups in total. The summed E-state index contributed by atoms with van der Waals surface area (Å²) >= 11 is 16.6. The van der Waals surface area contributed by atoms with Gasteiger partial charge in [0.25, 0.3) is 3.79 Å². The molecule has 0 fully saturated rings. The van der Waals surface area contributed by atoms with Crippen molar-refractivity contribution in [1.29, 1.82) is 5.41 Å². The largest absolute Gasteiger partial charge is 0.474 e. The molecule has 0 bridgehead atoms. The highest BCUT2D eigenvalue weighted by molar-refractivity contribution is 6.76. The summed E-state index contributed by atoms with van der Waals surface area (Å²) in [6.45, 7) is 4.85. The smallest absolute Gasteiger partial charge is 0.265 e. The van der Waals surface area contributed by atoms with Crippen LogP contribution >= 0.6 is 34.8 Å². The molecule has 0 saturated heterocycles. The predicted octanol–water partition coefficient (Wildman–Crippen LogP) is 5.15. The molecule has 1 atom stereocenters. The van der Waals surface area contributed by atoms with Gasteiger partial charge in [-0.15, -0.1) is 0 Å². The van der Waals surface area contributed by atoms with Gasteiger partial charge in [-0.25, -0.2) is 0 Å². The Morgan fingerprint density at radius 3 is 2.41 bits per heavy atom. The lowest BCUT2D eigenvalue weighted by Crippen LogP contribution is -2.21. The fraction of sp³-hybridized carbons (Fsp3) is 0.438. The van der Waals surface area contributed by atoms with E-state index in [2.05, 4.69) is 13.8 Å². The first kappa shape index (κ1) is 19.3. The van der Waals surface area contributed by atoms with Crippen LogP contribution in [0.2, 0.25) is 0 Å². The lowest BCUT2D eigenvalue weighted by molar-refractivity contribution is 0.0425. The number of hydrogen-bond acceptors (Lipinski definition) is 3. The first-order valence-electron chi connectivity index (χ1n) is 6.91. The van der Waals surface area contributed by atoms with Gasteiger partial charge >= 0.3 is 0 Å². The van der Waals surface area contributed by atoms with Crippen LogP contribution in [-0.2, 0) is 16.1 Å². The topological polar surface area (TPSA) is 42.3 Å². The number of halogens is 3. The molecule has 0 aliphatic heterocycles. The van der Waals surface area contributed by atoms with E-state index in [-0.39, 0.29) is 12.7 Å². The second-order valence-corrected chi connectivity index (χ2v) is 7.35. The molecule has 0 heterocycles. The Morgan fingerprint density at radius 2 is 1.86 bits per heavy atom. The highest BCUT2D eigenvalue weighted by Crippen LogP contribution is 2.27. The standard InChI is InChI=1S/C16H20Cl3NO2/c1-12(2)14(22-11-13-7-4-3-5-8-13)9-6-10-21-15(20)16(17,18)19/h3-9,12,14,20H,10-11H2,1-2H3/b9-6-,20-15?. The molecule has 22 heavy (non-hydrogen) atoms. The van der Waals surface area contributed by atoms with Crippen molar-refractivity contribution in [1.82, 2.24) is 0 Å². The van der Waals surface area contributed by atoms with Crippen molar-refractivity contribution in [2.75, 3.05) is 6.61 Å². The highest BCUT2D eigenvalue weighted by Gasteiger charge is 2.28. The van der Waals surface area contributed by atoms with Crippen LogP contribution in [0.1, 0.15) is 19.4 Å². The molecule has 3 nitrogen and oxygen atoms in total. The lowest BCUT2D eigenvalue weighted by atomic mass is 10.1. The normalized spacial score (nSPS) is 13.5. The van der Waals surface area contributed by atoms with Crippen LogP contribution in [0.4, 0.5) is 0 Å². The molecule has 6 heteroatoms. The van der Waals surface area contributed by atoms with Crippen LogP contribution in [0.5, 0.6) is 0 Å². The van der Waals surface area contributed by atoms with Crippen LogP contribution in [0.25, 0.3) is 0 Å². The van der Waals surface area contributed by atoms with Gasteiger partial charge in [0.2, 0.25) is 5.90 Å². The van der Waals surface area contributed by atoms with Crippen molar-refractivity contribution in [3.05, 3.63) is 48.0 Å². The molecule has 0 aliphatic rings. The Hall–Kier alpha value is -0.740. The summed E-state index contributed by atoms with van der Waals surface area (Å²) < 4.78 is 9.11. The third kappa shape index (κ3) is 7.50. The summed E-state index contributed by atoms with van der Waals surface area (Å²) in [5, 5.41) is 7.42. The summed E-state index contributed by atoms with van der Waals surface area (Å²) in [6, 6.07) is 9.98. The minimum Gasteiger partial charge on any atom is -0.474 e. The van der Waals surface area contributed by atoms with E-state index in [9.17, 15) is 0 Å². The molecule has 0 aliphatic carbocycles. The van der Waals surface area contributed by atoms with Crippen molar-refractivity contribution < 1.29 is 9.47 Å². The molecule has 1 unspecified atom stereocenters. The van der Waals surface area contributed by atoms with E-state index in [0.29, 0.717) is 12.5 Å². The molecule has 1 aromatic rings. The molecule has 122 valence electrons. The summed E-state index contributed by atoms with van der Waals surface area (Å²) in [7, 11) is 0. The quantitative estimate of drug-likeness (QED) is 0.315. The minimum atomic E-state index is -1.82. The van der Waals surface area contributed by atoms with Crippen LogP contribution in [0.3, 0.4) is 0 Å². The van der Waals surface area contributed by atoms with E-state index < -0.39 is 9.69 Å². The van der Waals surface area contributed by atoms with Gasteiger partial charge < -0.3 is 9.47 Å². The van der Waals surface area contributed by atoms with Gasteiger partial charge in [0.1, 0.15) is 6.61 Å². The molecule has 0 saturated carbocycles. The van der Waals surface area contributed by atoms with Crippen molar-refractivity contribution in [3.63, 3.8) is 0 Å². The zero-order valence-electron chi connectivity index (χ0n) is 12.6. The third-order valence-corrected chi connectivity index (χ3v) is 3.36. The fourth-order valence-corrected chi connectivity index (χ4v) is 1.80. The summed E-state index contributed by atoms with van der Waals surface area (Å²) in [5.41, 5.74) is 1.12. The van der Waals surface area contributed by atoms with E-state index in [0.717, 1.165) is 5.56 Å². The number of rotatable bonds is 7. The molecule has 0 radical (unpaired) electrons. The number of ether oxygens (including phenoxy) is 2. The van der Waals surface area contributed by atoms with Crippen molar-refractivity contribution in [2.45, 2.75) is 30.4 Å². The Bertz CT molecular complexity index is 484. The Balaban J connectivity index is 2.44. The second kappa shape index (κ2) is 9.41. The van der Waals surface area contributed by atoms with Gasteiger partial charge in [-0.1, -0.05) is 85.1 Å². The monoisotopic (exact) mass is 363 g/mol. The maximum Gasteiger partial charge on any atom is 0.265 e. The summed E-state index contributed by atoms with van der Waals surface area (Å²) in [6.07, 6.45) is 3.62. The van der Waals surface area contributed by atoms with Crippen LogP contribution < -0.4 is 0 Å². The number of benzene rings is 1. The maximum atomic E-state index is 7.42. The zero-order valence-corrected chi connectivity index (χ0v) is 14.8. The Kier molecular flexibility index (Phi) is 8.26. The van der Waals surface area contributed by atoms with Crippen LogP contribution in [0, 0.1) is 11.3 Å². The zero-order chi connectivity index (χ0) is 16.6. The first-order valence-corrected chi connectivity index (χ1v) is 8.05. The summed E-state index contributed by atoms with van der Waals surface area (Å²) in [4.78, 5) is 0. The van der Waals surface area contributed by atoms with E-state index in [1.165, 1.54) is 0 Å². The van der Waals surface area contributed by atoms with Gasteiger partial charge in [0, 0.05) is 0 Å². The molecule has 1 aromatic carbocycles. The molecular weight excluding hydrogens is 345 g/mol. The third-order valence-electron chi connectivity index (χ3n) is 2.85. The highest BCUT2D eigenvalue weighted by atomic mass is 35.6. The van der Waals surface area contributed by atoms with E-state index in [1.54, 1.807) is 6.08 Å². The van der Waals surface area contributed by atoms with Gasteiger partial charge in [-0.3, -0.25) is 5.41 Å². The van der Waals surface area contributed by atoms with Gasteiger partial charge in [-0.05, 0) is 17.6 Å². The van der Waals surface area contributed by atoms with Crippen LogP contribution in [-0.4, -0.2) is 22.4 Å². The van der Waals surface area contributed by atoms with E-state index >= 15 is 0 Å². The molecule has 0 spiro atoms. The predicted molar refractivity (Wildman–Crippen MR) is 93.0 cm³/mol. The average molecular weight is 365 g/mol. The van der Waals surface area contributed by atoms with Crippen molar-refractivity contribution in [2.24, 2.45) is 5.92 Å². The lowest BCUT2D eigenvalue weighted by Gasteiger charge is -2.18. The molecule has 1 rings (SSSR count). The SMILES string of the molecule is CC(C)C(/C=C\COC(=N)C(Cl)(Cl)Cl)OCc1ccccc1. The molecular formula is C16H20Cl3NO2. The van der Waals surface area contributed by atoms with E-state index in [1.807, 2.05) is 36.4 Å². The molecule has 0 aromatic heterocycles. The van der Waals surface area contributed by atoms with E-state index in [4.69, 9.17) is 49.7 Å². The number of nitrogens with one attached hydrogen (secondary N) is 1. The average Bonchev–Trinajstić information content (AvgIpc) is 2.45. The Morgan fingerprint density at radius 1 is 1.23 bits per heavy atom. The van der Waals surface area contributed by atoms with Crippen LogP contribution in [0.15, 0.2) is 42.5 Å². The maximum absolute atomic E-state index is 7.42. The summed E-state index contributed by atoms with van der Waals surface area (Å²) in [5.74, 6) is -0.0824. The first-order chi connectivity index (χ1) is 10.3. The second-order valence-electron chi connectivity index (χ2n) is 5.07. The Labute approximate surface area is 146 Å².